The van der Waals surface area contributed by atoms with Crippen molar-refractivity contribution in [2.24, 2.45) is 11.5 Å². The van der Waals surface area contributed by atoms with Crippen molar-refractivity contribution in [3.05, 3.63) is 117 Å². The molecule has 318 valence electrons. The highest BCUT2D eigenvalue weighted by molar-refractivity contribution is 7.99. The van der Waals surface area contributed by atoms with Crippen molar-refractivity contribution in [1.29, 1.82) is 0 Å². The Morgan fingerprint density at radius 3 is 1.31 bits per heavy atom. The maximum atomic E-state index is 13.1. The van der Waals surface area contributed by atoms with Crippen molar-refractivity contribution in [2.75, 3.05) is 13.2 Å². The summed E-state index contributed by atoms with van der Waals surface area (Å²) >= 11 is 15.6. The molecule has 16 heteroatoms. The van der Waals surface area contributed by atoms with Crippen LogP contribution in [-0.2, 0) is 38.8 Å². The second kappa shape index (κ2) is 22.1. The number of benzene rings is 4. The van der Waals surface area contributed by atoms with Crippen LogP contribution in [0.5, 0.6) is 0 Å². The van der Waals surface area contributed by atoms with Crippen molar-refractivity contribution < 1.29 is 40.0 Å². The third kappa shape index (κ3) is 15.7. The molecule has 4 aromatic rings. The van der Waals surface area contributed by atoms with Crippen LogP contribution in [0.2, 0.25) is 10.0 Å². The fraction of sp³-hybridized carbons (Fsp3) is 0.429. The first-order valence-electron chi connectivity index (χ1n) is 19.0. The van der Waals surface area contributed by atoms with E-state index in [2.05, 4.69) is 0 Å². The zero-order chi connectivity index (χ0) is 42.6. The molecular weight excluding hydrogens is 860 g/mol. The lowest BCUT2D eigenvalue weighted by atomic mass is 9.89. The van der Waals surface area contributed by atoms with Crippen molar-refractivity contribution in [3.8, 4) is 0 Å². The molecule has 0 radical (unpaired) electrons. The van der Waals surface area contributed by atoms with Gasteiger partial charge >= 0.3 is 20.6 Å². The smallest absolute Gasteiger partial charge is 0.323 e. The highest BCUT2D eigenvalue weighted by Crippen LogP contribution is 2.38. The second-order valence-electron chi connectivity index (χ2n) is 14.5. The molecule has 0 heterocycles. The van der Waals surface area contributed by atoms with Gasteiger partial charge in [-0.3, -0.25) is 4.57 Å². The number of alkyl halides is 6. The molecule has 4 aromatic carbocycles. The van der Waals surface area contributed by atoms with Gasteiger partial charge in [0.2, 0.25) is 0 Å². The molecule has 0 aliphatic carbocycles. The Labute approximate surface area is 356 Å². The van der Waals surface area contributed by atoms with Crippen LogP contribution in [0.3, 0.4) is 0 Å². The van der Waals surface area contributed by atoms with Gasteiger partial charge in [0, 0.05) is 40.7 Å². The number of nitrogens with two attached hydrogens (primary N) is 2. The summed E-state index contributed by atoms with van der Waals surface area (Å²) in [4.78, 5) is 2.36. The van der Waals surface area contributed by atoms with E-state index in [0.717, 1.165) is 58.0 Å². The van der Waals surface area contributed by atoms with Gasteiger partial charge in [-0.05, 0) is 123 Å². The van der Waals surface area contributed by atoms with E-state index in [4.69, 9.17) is 43.7 Å². The minimum Gasteiger partial charge on any atom is -0.323 e. The van der Waals surface area contributed by atoms with E-state index in [-0.39, 0.29) is 13.2 Å². The predicted molar refractivity (Wildman–Crippen MR) is 224 cm³/mol. The minimum absolute atomic E-state index is 0.0326. The van der Waals surface area contributed by atoms with E-state index in [1.54, 1.807) is 24.3 Å². The molecule has 4 rings (SSSR count). The Kier molecular flexibility index (Phi) is 18.4. The van der Waals surface area contributed by atoms with Gasteiger partial charge in [-0.25, -0.2) is 0 Å². The van der Waals surface area contributed by atoms with Crippen LogP contribution >= 0.6 is 55.0 Å². The van der Waals surface area contributed by atoms with Crippen molar-refractivity contribution in [1.82, 2.24) is 0 Å². The molecule has 5 nitrogen and oxygen atoms in total. The fourth-order valence-corrected chi connectivity index (χ4v) is 9.98. The summed E-state index contributed by atoms with van der Waals surface area (Å²) in [6.07, 6.45) is -2.30. The van der Waals surface area contributed by atoms with Crippen molar-refractivity contribution in [2.45, 2.75) is 121 Å². The number of rotatable bonds is 22. The van der Waals surface area contributed by atoms with Crippen LogP contribution in [0.15, 0.2) is 105 Å². The quantitative estimate of drug-likeness (QED) is 0.0600. The van der Waals surface area contributed by atoms with Gasteiger partial charge in [-0.1, -0.05) is 97.7 Å². The highest BCUT2D eigenvalue weighted by Gasteiger charge is 2.32. The first-order valence-corrected chi connectivity index (χ1v) is 22.6. The van der Waals surface area contributed by atoms with Crippen LogP contribution in [0, 0.1) is 0 Å². The number of hydrogen-bond acceptors (Lipinski definition) is 7. The maximum absolute atomic E-state index is 13.1. The molecule has 58 heavy (non-hydrogen) atoms. The van der Waals surface area contributed by atoms with Crippen molar-refractivity contribution in [3.63, 3.8) is 0 Å². The molecule has 2 atom stereocenters. The molecule has 0 unspecified atom stereocenters. The van der Waals surface area contributed by atoms with Gasteiger partial charge in [0.05, 0.1) is 24.3 Å². The summed E-state index contributed by atoms with van der Waals surface area (Å²) in [5, 5.41) is 1.02. The lowest BCUT2D eigenvalue weighted by Crippen LogP contribution is -2.45. The monoisotopic (exact) mass is 908 g/mol. The summed E-state index contributed by atoms with van der Waals surface area (Å²) in [6.45, 7) is 4.08. The van der Waals surface area contributed by atoms with Crippen LogP contribution in [0.1, 0.15) is 87.5 Å². The Bertz CT molecular complexity index is 1840. The zero-order valence-corrected chi connectivity index (χ0v) is 36.4. The Morgan fingerprint density at radius 1 is 0.586 bits per heavy atom. The van der Waals surface area contributed by atoms with Crippen molar-refractivity contribution >= 4 is 55.0 Å². The van der Waals surface area contributed by atoms with Gasteiger partial charge in [-0.15, -0.1) is 0 Å². The average Bonchev–Trinajstić information content (AvgIpc) is 3.15. The van der Waals surface area contributed by atoms with E-state index >= 15 is 0 Å². The molecule has 0 saturated carbocycles. The predicted octanol–water partition coefficient (Wildman–Crippen LogP) is 14.1. The Hall–Kier alpha value is -2.19. The molecule has 0 aliphatic heterocycles. The minimum atomic E-state index is -4.42. The third-order valence-electron chi connectivity index (χ3n) is 9.54. The molecule has 0 fully saturated rings. The average molecular weight is 910 g/mol. The molecule has 0 aromatic heterocycles. The summed E-state index contributed by atoms with van der Waals surface area (Å²) in [6, 6.07) is 21.2. The largest absolute Gasteiger partial charge is 0.416 e. The second-order valence-corrected chi connectivity index (χ2v) is 18.7. The highest BCUT2D eigenvalue weighted by atomic mass is 35.5. The fourth-order valence-electron chi connectivity index (χ4n) is 6.58. The molecule has 0 aliphatic rings. The molecule has 4 N–H and O–H groups in total. The zero-order valence-electron chi connectivity index (χ0n) is 32.3. The van der Waals surface area contributed by atoms with Crippen LogP contribution < -0.4 is 11.5 Å². The Balaban J connectivity index is 1.23. The van der Waals surface area contributed by atoms with E-state index < -0.39 is 42.8 Å². The molecule has 0 spiro atoms. The normalized spacial score (nSPS) is 14.4. The lowest BCUT2D eigenvalue weighted by Gasteiger charge is -2.31. The van der Waals surface area contributed by atoms with Gasteiger partial charge in [0.25, 0.3) is 0 Å². The summed E-state index contributed by atoms with van der Waals surface area (Å²) in [5.41, 5.74) is 12.3. The summed E-state index contributed by atoms with van der Waals surface area (Å²) < 4.78 is 103. The number of aryl methyl sites for hydroxylation is 2. The van der Waals surface area contributed by atoms with E-state index in [9.17, 15) is 30.9 Å². The van der Waals surface area contributed by atoms with Gasteiger partial charge in [0.15, 0.2) is 0 Å². The molecule has 0 bridgehead atoms. The van der Waals surface area contributed by atoms with Crippen LogP contribution in [0.4, 0.5) is 26.3 Å². The first-order chi connectivity index (χ1) is 27.3. The SMILES string of the molecule is CCC[C@@](N)(CCCc1ccc(Sc2cccc(C(F)(F)F)c2)cc1Cl)CO[PH](=O)OC[C@@](N)(CCC)CCCc1ccc(Sc2cccc(C(F)(F)F)c2)cc1Cl. The lowest BCUT2D eigenvalue weighted by molar-refractivity contribution is -0.138. The molecule has 0 amide bonds. The third-order valence-corrected chi connectivity index (χ3v) is 13.0. The maximum Gasteiger partial charge on any atom is 0.416 e. The van der Waals surface area contributed by atoms with E-state index in [1.807, 2.05) is 38.1 Å². The van der Waals surface area contributed by atoms with Crippen LogP contribution in [-0.4, -0.2) is 24.3 Å². The first kappa shape index (κ1) is 48.5. The van der Waals surface area contributed by atoms with Crippen LogP contribution in [0.25, 0.3) is 0 Å². The van der Waals surface area contributed by atoms with E-state index in [0.29, 0.717) is 71.2 Å². The van der Waals surface area contributed by atoms with E-state index in [1.165, 1.54) is 35.7 Å². The topological polar surface area (TPSA) is 87.6 Å². The van der Waals surface area contributed by atoms with Gasteiger partial charge < -0.3 is 20.5 Å². The molecular formula is C42H49Cl2F6N2O3PS2. The van der Waals surface area contributed by atoms with Gasteiger partial charge in [0.1, 0.15) is 0 Å². The molecule has 0 saturated heterocycles. The number of hydrogen-bond donors (Lipinski definition) is 2. The summed E-state index contributed by atoms with van der Waals surface area (Å²) in [7, 11) is -2.92. The summed E-state index contributed by atoms with van der Waals surface area (Å²) in [5.74, 6) is 0. The number of halogens is 8. The van der Waals surface area contributed by atoms with Gasteiger partial charge in [-0.2, -0.15) is 26.3 Å². The standard InChI is InChI=1S/C42H49Cl2F6N2O3PS2/c1-3-19-39(51,21-7-9-29-15-17-35(25-37(29)43)57-33-13-5-11-31(23-33)41(45,46)47)27-54-56(53)55-28-40(52,20-4-2)22-8-10-30-16-18-36(26-38(30)44)58-34-14-6-12-32(24-34)42(48,49)50/h5-6,11-18,23-26,56H,3-4,7-10,19-22,27-28,51-52H2,1-2H3/t39-,40-/m1/s1. The Morgan fingerprint density at radius 2 is 0.966 bits per heavy atom.